The van der Waals surface area contributed by atoms with Crippen molar-refractivity contribution in [2.24, 2.45) is 0 Å². The minimum atomic E-state index is 0.180. The summed E-state index contributed by atoms with van der Waals surface area (Å²) in [6.45, 7) is 6.01. The van der Waals surface area contributed by atoms with E-state index in [4.69, 9.17) is 4.74 Å². The number of ether oxygens (including phenoxy) is 1. The van der Waals surface area contributed by atoms with Crippen LogP contribution in [0.1, 0.15) is 29.7 Å². The summed E-state index contributed by atoms with van der Waals surface area (Å²) in [5, 5.41) is 3.62. The van der Waals surface area contributed by atoms with Gasteiger partial charge in [0, 0.05) is 42.6 Å². The molecule has 0 aliphatic carbocycles. The van der Waals surface area contributed by atoms with Crippen LogP contribution in [0.2, 0.25) is 0 Å². The average molecular weight is 483 g/mol. The quantitative estimate of drug-likeness (QED) is 0.362. The van der Waals surface area contributed by atoms with Crippen LogP contribution in [0.4, 0.5) is 0 Å². The highest BCUT2D eigenvalue weighted by molar-refractivity contribution is 7.99. The molecule has 4 aromatic rings. The van der Waals surface area contributed by atoms with Gasteiger partial charge in [-0.15, -0.1) is 11.8 Å². The van der Waals surface area contributed by atoms with Gasteiger partial charge in [-0.1, -0.05) is 72.8 Å². The first-order valence-electron chi connectivity index (χ1n) is 12.5. The number of pyridine rings is 1. The van der Waals surface area contributed by atoms with E-state index in [9.17, 15) is 4.79 Å². The Hall–Kier alpha value is -2.86. The van der Waals surface area contributed by atoms with E-state index in [0.29, 0.717) is 6.54 Å². The Bertz CT molecular complexity index is 1420. The minimum Gasteiger partial charge on any atom is -0.379 e. The van der Waals surface area contributed by atoms with Crippen LogP contribution >= 0.6 is 11.8 Å². The van der Waals surface area contributed by atoms with E-state index in [-0.39, 0.29) is 11.6 Å². The predicted octanol–water partition coefficient (Wildman–Crippen LogP) is 5.76. The van der Waals surface area contributed by atoms with E-state index in [0.717, 1.165) is 49.1 Å². The monoisotopic (exact) mass is 482 g/mol. The molecule has 1 fully saturated rings. The third-order valence-corrected chi connectivity index (χ3v) is 8.60. The molecule has 0 bridgehead atoms. The van der Waals surface area contributed by atoms with Gasteiger partial charge in [0.15, 0.2) is 0 Å². The summed E-state index contributed by atoms with van der Waals surface area (Å²) in [4.78, 5) is 16.5. The highest BCUT2D eigenvalue weighted by Gasteiger charge is 2.30. The number of nitrogens with zero attached hydrogens (tertiary/aromatic N) is 2. The maximum absolute atomic E-state index is 14.1. The van der Waals surface area contributed by atoms with E-state index >= 15 is 0 Å². The van der Waals surface area contributed by atoms with Gasteiger partial charge < -0.3 is 4.74 Å². The molecule has 0 saturated carbocycles. The Balaban J connectivity index is 1.60. The zero-order valence-corrected chi connectivity index (χ0v) is 20.9. The van der Waals surface area contributed by atoms with Crippen molar-refractivity contribution >= 4 is 22.5 Å². The Kier molecular flexibility index (Phi) is 6.23. The zero-order chi connectivity index (χ0) is 23.8. The van der Waals surface area contributed by atoms with E-state index in [1.54, 1.807) is 0 Å². The van der Waals surface area contributed by atoms with Crippen LogP contribution in [0.15, 0.2) is 82.6 Å². The molecule has 2 aliphatic rings. The fourth-order valence-corrected chi connectivity index (χ4v) is 6.80. The van der Waals surface area contributed by atoms with Gasteiger partial charge in [0.05, 0.1) is 18.2 Å². The minimum absolute atomic E-state index is 0.180. The first kappa shape index (κ1) is 22.6. The Morgan fingerprint density at radius 1 is 0.914 bits per heavy atom. The van der Waals surface area contributed by atoms with Crippen LogP contribution in [-0.4, -0.2) is 41.5 Å². The van der Waals surface area contributed by atoms with Crippen LogP contribution in [0, 0.1) is 0 Å². The summed E-state index contributed by atoms with van der Waals surface area (Å²) in [6, 6.07) is 25.9. The molecule has 0 unspecified atom stereocenters. The first-order chi connectivity index (χ1) is 17.2. The molecule has 35 heavy (non-hydrogen) atoms. The number of hydrogen-bond acceptors (Lipinski definition) is 4. The third-order valence-electron chi connectivity index (χ3n) is 7.27. The van der Waals surface area contributed by atoms with Crippen molar-refractivity contribution in [3.8, 4) is 11.1 Å². The fraction of sp³-hybridized carbons (Fsp3) is 0.300. The van der Waals surface area contributed by atoms with Gasteiger partial charge in [0.25, 0.3) is 5.56 Å². The maximum atomic E-state index is 14.1. The molecule has 1 saturated heterocycles. The zero-order valence-electron chi connectivity index (χ0n) is 20.1. The van der Waals surface area contributed by atoms with Crippen molar-refractivity contribution in [3.05, 3.63) is 99.8 Å². The molecule has 0 amide bonds. The smallest absolute Gasteiger partial charge is 0.256 e. The van der Waals surface area contributed by atoms with E-state index in [2.05, 4.69) is 89.2 Å². The summed E-state index contributed by atoms with van der Waals surface area (Å²) in [5.41, 5.74) is 5.99. The second-order valence-electron chi connectivity index (χ2n) is 9.54. The lowest BCUT2D eigenvalue weighted by Gasteiger charge is -2.29. The lowest BCUT2D eigenvalue weighted by atomic mass is 9.90. The fourth-order valence-electron chi connectivity index (χ4n) is 5.46. The summed E-state index contributed by atoms with van der Waals surface area (Å²) < 4.78 is 7.66. The van der Waals surface area contributed by atoms with Crippen LogP contribution < -0.4 is 5.56 Å². The largest absolute Gasteiger partial charge is 0.379 e. The molecule has 4 nitrogen and oxygen atoms in total. The molecule has 178 valence electrons. The highest BCUT2D eigenvalue weighted by atomic mass is 32.2. The molecule has 0 spiro atoms. The molecule has 1 atom stereocenters. The summed E-state index contributed by atoms with van der Waals surface area (Å²) >= 11 is 1.82. The van der Waals surface area contributed by atoms with Gasteiger partial charge in [-0.05, 0) is 40.8 Å². The molecule has 0 N–H and O–H groups in total. The van der Waals surface area contributed by atoms with Crippen LogP contribution in [0.3, 0.4) is 0 Å². The van der Waals surface area contributed by atoms with Gasteiger partial charge in [0.1, 0.15) is 0 Å². The number of rotatable bonds is 5. The number of hydrogen-bond donors (Lipinski definition) is 0. The normalized spacial score (nSPS) is 18.1. The second-order valence-corrected chi connectivity index (χ2v) is 10.6. The van der Waals surface area contributed by atoms with Gasteiger partial charge in [-0.25, -0.2) is 0 Å². The molecule has 3 aromatic carbocycles. The third kappa shape index (κ3) is 4.22. The number of morpholine rings is 1. The molecule has 5 heteroatoms. The molecule has 1 aromatic heterocycles. The number of benzene rings is 3. The summed E-state index contributed by atoms with van der Waals surface area (Å²) in [6.07, 6.45) is 0.739. The summed E-state index contributed by atoms with van der Waals surface area (Å²) in [7, 11) is 0. The Morgan fingerprint density at radius 2 is 1.66 bits per heavy atom. The Labute approximate surface area is 210 Å². The highest BCUT2D eigenvalue weighted by Crippen LogP contribution is 2.42. The predicted molar refractivity (Wildman–Crippen MR) is 144 cm³/mol. The van der Waals surface area contributed by atoms with Gasteiger partial charge in [-0.2, -0.15) is 0 Å². The number of thioether (sulfide) groups is 1. The lowest BCUT2D eigenvalue weighted by Crippen LogP contribution is -2.39. The van der Waals surface area contributed by atoms with Crippen molar-refractivity contribution in [2.75, 3.05) is 32.1 Å². The van der Waals surface area contributed by atoms with Crippen LogP contribution in [0.5, 0.6) is 0 Å². The summed E-state index contributed by atoms with van der Waals surface area (Å²) in [5.74, 6) is 0.934. The van der Waals surface area contributed by atoms with Crippen LogP contribution in [0.25, 0.3) is 21.9 Å². The molecular formula is C30H30N2O2S. The van der Waals surface area contributed by atoms with Crippen molar-refractivity contribution < 1.29 is 4.74 Å². The molecular weight excluding hydrogens is 452 g/mol. The van der Waals surface area contributed by atoms with Gasteiger partial charge in [-0.3, -0.25) is 14.3 Å². The van der Waals surface area contributed by atoms with Gasteiger partial charge >= 0.3 is 0 Å². The van der Waals surface area contributed by atoms with Crippen molar-refractivity contribution in [2.45, 2.75) is 31.0 Å². The van der Waals surface area contributed by atoms with E-state index in [1.807, 2.05) is 11.8 Å². The number of aromatic nitrogens is 1. The first-order valence-corrected chi connectivity index (χ1v) is 13.4. The SMILES string of the molecule is C[C@@H]1CSc2c(-c3ccccc3)c(Cc3cccc4ccccc34)c(CN3CCOCC3)c(=O)n21. The molecule has 3 heterocycles. The Morgan fingerprint density at radius 3 is 2.49 bits per heavy atom. The maximum Gasteiger partial charge on any atom is 0.256 e. The second kappa shape index (κ2) is 9.65. The van der Waals surface area contributed by atoms with E-state index < -0.39 is 0 Å². The standard InChI is InChI=1S/C30H30N2O2S/c1-21-20-35-30-28(23-9-3-2-4-10-23)26(18-24-12-7-11-22-8-5-6-13-25(22)24)27(29(33)32(21)30)19-31-14-16-34-17-15-31/h2-13,21H,14-20H2,1H3/t21-/m1/s1. The molecule has 0 radical (unpaired) electrons. The van der Waals surface area contributed by atoms with Crippen LogP contribution in [-0.2, 0) is 17.7 Å². The van der Waals surface area contributed by atoms with Crippen molar-refractivity contribution in [1.82, 2.24) is 9.47 Å². The number of fused-ring (bicyclic) bond motifs is 2. The molecule has 2 aliphatic heterocycles. The topological polar surface area (TPSA) is 34.5 Å². The average Bonchev–Trinajstić information content (AvgIpc) is 3.29. The lowest BCUT2D eigenvalue weighted by molar-refractivity contribution is 0.0338. The van der Waals surface area contributed by atoms with Gasteiger partial charge in [0.2, 0.25) is 0 Å². The van der Waals surface area contributed by atoms with Crippen molar-refractivity contribution in [3.63, 3.8) is 0 Å². The molecule has 6 rings (SSSR count). The van der Waals surface area contributed by atoms with Crippen molar-refractivity contribution in [1.29, 1.82) is 0 Å². The van der Waals surface area contributed by atoms with E-state index in [1.165, 1.54) is 33.0 Å².